The Morgan fingerprint density at radius 1 is 1.50 bits per heavy atom. The second-order valence-electron chi connectivity index (χ2n) is 5.21. The molecule has 0 spiro atoms. The molecule has 22 heavy (non-hydrogen) atoms. The normalized spacial score (nSPS) is 22.4. The molecule has 0 radical (unpaired) electrons. The van der Waals surface area contributed by atoms with Gasteiger partial charge in [-0.05, 0) is 25.3 Å². The summed E-state index contributed by atoms with van der Waals surface area (Å²) in [7, 11) is 1.47. The maximum Gasteiger partial charge on any atom is 0.330 e. The Balaban J connectivity index is 2.20. The molecule has 120 valence electrons. The number of ether oxygens (including phenoxy) is 2. The van der Waals surface area contributed by atoms with Crippen LogP contribution in [0.5, 0.6) is 5.88 Å². The number of esters is 1. The number of pyridine rings is 1. The zero-order valence-electron chi connectivity index (χ0n) is 12.6. The maximum atomic E-state index is 14.2. The van der Waals surface area contributed by atoms with Crippen LogP contribution in [0, 0.1) is 0 Å². The molecule has 4 nitrogen and oxygen atoms in total. The number of hydrogen-bond acceptors (Lipinski definition) is 4. The number of hydrogen-bond donors (Lipinski definition) is 0. The first-order valence-electron chi connectivity index (χ1n) is 7.20. The smallest absolute Gasteiger partial charge is 0.330 e. The summed E-state index contributed by atoms with van der Waals surface area (Å²) in [6.45, 7) is 1.97. The summed E-state index contributed by atoms with van der Waals surface area (Å²) in [5, 5.41) is 0. The molecule has 0 unspecified atom stereocenters. The summed E-state index contributed by atoms with van der Waals surface area (Å²) < 4.78 is 38.2. The number of aromatic nitrogens is 1. The number of alkyl halides is 2. The maximum absolute atomic E-state index is 14.2. The molecule has 0 aliphatic heterocycles. The molecule has 0 aromatic carbocycles. The molecule has 1 atom stereocenters. The molecular weight excluding hydrogens is 292 g/mol. The SMILES string of the molecule is CCOC(=O)/C=C1\CCC(F)(F)[C@@H](c2ccc(OC)nc2)C1. The summed E-state index contributed by atoms with van der Waals surface area (Å²) in [4.78, 5) is 15.5. The lowest BCUT2D eigenvalue weighted by Crippen LogP contribution is -2.31. The Kier molecular flexibility index (Phi) is 5.11. The second-order valence-corrected chi connectivity index (χ2v) is 5.21. The largest absolute Gasteiger partial charge is 0.481 e. The Labute approximate surface area is 128 Å². The van der Waals surface area contributed by atoms with Crippen molar-refractivity contribution >= 4 is 5.97 Å². The van der Waals surface area contributed by atoms with Crippen LogP contribution in [-0.4, -0.2) is 30.6 Å². The summed E-state index contributed by atoms with van der Waals surface area (Å²) in [6, 6.07) is 3.16. The standard InChI is InChI=1S/C16H19F2NO3/c1-3-22-15(20)9-11-6-7-16(17,18)13(8-11)12-4-5-14(21-2)19-10-12/h4-5,9-10,13H,3,6-8H2,1-2H3/b11-9+/t13-/m1/s1. The van der Waals surface area contributed by atoms with Crippen LogP contribution in [0.1, 0.15) is 37.7 Å². The quantitative estimate of drug-likeness (QED) is 0.631. The molecule has 1 aromatic heterocycles. The van der Waals surface area contributed by atoms with Crippen molar-refractivity contribution in [2.45, 2.75) is 38.0 Å². The molecule has 1 fully saturated rings. The predicted octanol–water partition coefficient (Wildman–Crippen LogP) is 3.48. The molecule has 0 saturated heterocycles. The van der Waals surface area contributed by atoms with Crippen LogP contribution in [0.15, 0.2) is 30.0 Å². The van der Waals surface area contributed by atoms with E-state index >= 15 is 0 Å². The van der Waals surface area contributed by atoms with Crippen molar-refractivity contribution in [2.24, 2.45) is 0 Å². The topological polar surface area (TPSA) is 48.4 Å². The third kappa shape index (κ3) is 3.81. The first kappa shape index (κ1) is 16.4. The fraction of sp³-hybridized carbons (Fsp3) is 0.500. The van der Waals surface area contributed by atoms with Crippen LogP contribution in [0.3, 0.4) is 0 Å². The minimum absolute atomic E-state index is 0.125. The first-order chi connectivity index (χ1) is 10.5. The average molecular weight is 311 g/mol. The lowest BCUT2D eigenvalue weighted by atomic mass is 9.78. The summed E-state index contributed by atoms with van der Waals surface area (Å²) in [5.74, 6) is -3.90. The van der Waals surface area contributed by atoms with E-state index in [-0.39, 0.29) is 25.9 Å². The summed E-state index contributed by atoms with van der Waals surface area (Å²) in [5.41, 5.74) is 1.13. The molecule has 1 aromatic rings. The zero-order chi connectivity index (χ0) is 16.2. The van der Waals surface area contributed by atoms with Gasteiger partial charge in [0, 0.05) is 24.8 Å². The Hall–Kier alpha value is -1.98. The predicted molar refractivity (Wildman–Crippen MR) is 77.0 cm³/mol. The van der Waals surface area contributed by atoms with Gasteiger partial charge in [0.2, 0.25) is 5.88 Å². The lowest BCUT2D eigenvalue weighted by Gasteiger charge is -2.33. The third-order valence-corrected chi connectivity index (χ3v) is 3.73. The molecule has 0 bridgehead atoms. The van der Waals surface area contributed by atoms with Gasteiger partial charge in [-0.3, -0.25) is 0 Å². The van der Waals surface area contributed by atoms with Gasteiger partial charge in [-0.1, -0.05) is 11.6 Å². The highest BCUT2D eigenvalue weighted by molar-refractivity contribution is 5.82. The molecule has 6 heteroatoms. The van der Waals surface area contributed by atoms with E-state index in [1.807, 2.05) is 0 Å². The van der Waals surface area contributed by atoms with Crippen molar-refractivity contribution in [1.82, 2.24) is 4.98 Å². The molecular formula is C16H19F2NO3. The van der Waals surface area contributed by atoms with E-state index in [0.29, 0.717) is 17.0 Å². The number of methoxy groups -OCH3 is 1. The highest BCUT2D eigenvalue weighted by Crippen LogP contribution is 2.46. The zero-order valence-corrected chi connectivity index (χ0v) is 12.6. The van der Waals surface area contributed by atoms with Crippen LogP contribution in [-0.2, 0) is 9.53 Å². The van der Waals surface area contributed by atoms with Gasteiger partial charge in [0.15, 0.2) is 0 Å². The van der Waals surface area contributed by atoms with E-state index in [4.69, 9.17) is 9.47 Å². The fourth-order valence-corrected chi connectivity index (χ4v) is 2.58. The molecule has 2 rings (SSSR count). The molecule has 1 saturated carbocycles. The van der Waals surface area contributed by atoms with Crippen LogP contribution in [0.2, 0.25) is 0 Å². The summed E-state index contributed by atoms with van der Waals surface area (Å²) in [6.07, 6.45) is 2.79. The van der Waals surface area contributed by atoms with Gasteiger partial charge >= 0.3 is 5.97 Å². The lowest BCUT2D eigenvalue weighted by molar-refractivity contribution is -0.137. The number of carbonyl (C=O) groups excluding carboxylic acids is 1. The Bertz CT molecular complexity index is 555. The first-order valence-corrected chi connectivity index (χ1v) is 7.20. The van der Waals surface area contributed by atoms with Gasteiger partial charge in [0.05, 0.1) is 19.6 Å². The van der Waals surface area contributed by atoms with E-state index in [9.17, 15) is 13.6 Å². The number of halogens is 2. The van der Waals surface area contributed by atoms with Crippen molar-refractivity contribution in [3.63, 3.8) is 0 Å². The van der Waals surface area contributed by atoms with Crippen molar-refractivity contribution in [1.29, 1.82) is 0 Å². The molecule has 0 amide bonds. The van der Waals surface area contributed by atoms with E-state index in [0.717, 1.165) is 0 Å². The van der Waals surface area contributed by atoms with Gasteiger partial charge in [-0.25, -0.2) is 18.6 Å². The van der Waals surface area contributed by atoms with E-state index in [1.54, 1.807) is 19.1 Å². The number of allylic oxidation sites excluding steroid dienone is 1. The number of carbonyl (C=O) groups is 1. The fourth-order valence-electron chi connectivity index (χ4n) is 2.58. The molecule has 1 aliphatic rings. The van der Waals surface area contributed by atoms with Gasteiger partial charge in [-0.2, -0.15) is 0 Å². The minimum atomic E-state index is -2.82. The van der Waals surface area contributed by atoms with Crippen molar-refractivity contribution in [3.8, 4) is 5.88 Å². The van der Waals surface area contributed by atoms with E-state index in [2.05, 4.69) is 4.98 Å². The monoisotopic (exact) mass is 311 g/mol. The summed E-state index contributed by atoms with van der Waals surface area (Å²) >= 11 is 0. The Morgan fingerprint density at radius 2 is 2.27 bits per heavy atom. The Morgan fingerprint density at radius 3 is 2.86 bits per heavy atom. The molecule has 1 aliphatic carbocycles. The van der Waals surface area contributed by atoms with E-state index in [1.165, 1.54) is 19.4 Å². The van der Waals surface area contributed by atoms with Gasteiger partial charge in [0.1, 0.15) is 0 Å². The number of nitrogens with zero attached hydrogens (tertiary/aromatic N) is 1. The minimum Gasteiger partial charge on any atom is -0.481 e. The third-order valence-electron chi connectivity index (χ3n) is 3.73. The highest BCUT2D eigenvalue weighted by atomic mass is 19.3. The van der Waals surface area contributed by atoms with E-state index < -0.39 is 17.8 Å². The van der Waals surface area contributed by atoms with Gasteiger partial charge in [-0.15, -0.1) is 0 Å². The van der Waals surface area contributed by atoms with Crippen molar-refractivity contribution in [2.75, 3.05) is 13.7 Å². The second kappa shape index (κ2) is 6.85. The average Bonchev–Trinajstić information content (AvgIpc) is 2.49. The highest BCUT2D eigenvalue weighted by Gasteiger charge is 2.44. The van der Waals surface area contributed by atoms with Crippen molar-refractivity contribution in [3.05, 3.63) is 35.5 Å². The number of rotatable bonds is 4. The van der Waals surface area contributed by atoms with Crippen LogP contribution < -0.4 is 4.74 Å². The van der Waals surface area contributed by atoms with Crippen LogP contribution >= 0.6 is 0 Å². The van der Waals surface area contributed by atoms with Gasteiger partial charge < -0.3 is 9.47 Å². The van der Waals surface area contributed by atoms with Gasteiger partial charge in [0.25, 0.3) is 5.92 Å². The molecule has 0 N–H and O–H groups in total. The van der Waals surface area contributed by atoms with Crippen LogP contribution in [0.25, 0.3) is 0 Å². The van der Waals surface area contributed by atoms with Crippen molar-refractivity contribution < 1.29 is 23.0 Å². The molecule has 1 heterocycles. The van der Waals surface area contributed by atoms with Crippen LogP contribution in [0.4, 0.5) is 8.78 Å².